The number of unbranched alkanes of at least 4 members (excludes halogenated alkanes) is 1. The predicted octanol–water partition coefficient (Wildman–Crippen LogP) is 5.42. The quantitative estimate of drug-likeness (QED) is 0.245. The SMILES string of the molecule is CCON(CC)C(=O)CCC/C=C\C[C@H]1[C@@H](/C=C/C(O)C(C)c2ccccc2)[C@H]2CC[C@@H]1O2. The number of rotatable bonds is 13. The standard InChI is InChI=1S/C28H41NO4/c1-4-29(32-5-2)28(31)16-12-7-6-11-15-23-24(27-20-19-26(23)33-27)17-18-25(30)21(3)22-13-9-8-10-14-22/h6,8-11,13-14,17-18,21,23-27,30H,4-5,7,12,15-16,19-20H2,1-3H3/b11-6-,18-17+/t21?,23-,24+,25?,26-,27+/m0/s1. The van der Waals surface area contributed by atoms with E-state index in [0.717, 1.165) is 37.7 Å². The number of hydroxylamine groups is 2. The van der Waals surface area contributed by atoms with Crippen LogP contribution in [-0.4, -0.2) is 47.5 Å². The maximum atomic E-state index is 12.1. The number of amides is 1. The van der Waals surface area contributed by atoms with Crippen molar-refractivity contribution in [1.82, 2.24) is 5.06 Å². The Morgan fingerprint density at radius 2 is 1.97 bits per heavy atom. The second-order valence-corrected chi connectivity index (χ2v) is 9.21. The van der Waals surface area contributed by atoms with E-state index in [1.165, 1.54) is 5.06 Å². The highest BCUT2D eigenvalue weighted by atomic mass is 16.7. The number of hydrogen-bond acceptors (Lipinski definition) is 4. The molecule has 5 heteroatoms. The fourth-order valence-corrected chi connectivity index (χ4v) is 5.11. The zero-order chi connectivity index (χ0) is 23.6. The van der Waals surface area contributed by atoms with Crippen molar-refractivity contribution in [3.8, 4) is 0 Å². The van der Waals surface area contributed by atoms with E-state index in [0.29, 0.717) is 37.5 Å². The van der Waals surface area contributed by atoms with Gasteiger partial charge in [0.05, 0.1) is 24.9 Å². The second kappa shape index (κ2) is 13.1. The summed E-state index contributed by atoms with van der Waals surface area (Å²) in [7, 11) is 0. The lowest BCUT2D eigenvalue weighted by Crippen LogP contribution is -2.30. The Hall–Kier alpha value is -1.95. The summed E-state index contributed by atoms with van der Waals surface area (Å²) in [5, 5.41) is 12.2. The number of nitrogens with zero attached hydrogens (tertiary/aromatic N) is 1. The van der Waals surface area contributed by atoms with E-state index in [-0.39, 0.29) is 17.9 Å². The molecule has 0 aliphatic carbocycles. The van der Waals surface area contributed by atoms with Crippen molar-refractivity contribution in [3.05, 3.63) is 60.2 Å². The lowest BCUT2D eigenvalue weighted by Gasteiger charge is -2.25. The van der Waals surface area contributed by atoms with Gasteiger partial charge in [-0.2, -0.15) is 0 Å². The lowest BCUT2D eigenvalue weighted by molar-refractivity contribution is -0.183. The first kappa shape index (κ1) is 25.7. The Balaban J connectivity index is 1.46. The Morgan fingerprint density at radius 3 is 2.70 bits per heavy atom. The van der Waals surface area contributed by atoms with E-state index < -0.39 is 6.10 Å². The van der Waals surface area contributed by atoms with Crippen LogP contribution in [0.5, 0.6) is 0 Å². The largest absolute Gasteiger partial charge is 0.388 e. The molecule has 5 nitrogen and oxygen atoms in total. The highest BCUT2D eigenvalue weighted by Crippen LogP contribution is 2.46. The highest BCUT2D eigenvalue weighted by molar-refractivity contribution is 5.74. The molecule has 2 aliphatic heterocycles. The number of aliphatic hydroxyl groups excluding tert-OH is 1. The van der Waals surface area contributed by atoms with Crippen molar-refractivity contribution in [3.63, 3.8) is 0 Å². The third-order valence-corrected chi connectivity index (χ3v) is 7.04. The molecule has 2 saturated heterocycles. The maximum Gasteiger partial charge on any atom is 0.246 e. The Kier molecular flexibility index (Phi) is 10.2. The summed E-state index contributed by atoms with van der Waals surface area (Å²) >= 11 is 0. The normalized spacial score (nSPS) is 26.3. The number of hydrogen-bond donors (Lipinski definition) is 1. The fourth-order valence-electron chi connectivity index (χ4n) is 5.11. The van der Waals surface area contributed by atoms with Crippen LogP contribution in [-0.2, 0) is 14.4 Å². The molecule has 2 bridgehead atoms. The van der Waals surface area contributed by atoms with Gasteiger partial charge in [-0.1, -0.05) is 61.6 Å². The van der Waals surface area contributed by atoms with E-state index in [1.54, 1.807) is 0 Å². The molecule has 1 N–H and O–H groups in total. The van der Waals surface area contributed by atoms with Crippen LogP contribution >= 0.6 is 0 Å². The van der Waals surface area contributed by atoms with Gasteiger partial charge in [-0.05, 0) is 57.4 Å². The molecule has 182 valence electrons. The van der Waals surface area contributed by atoms with Crippen molar-refractivity contribution in [1.29, 1.82) is 0 Å². The molecular formula is C28H41NO4. The van der Waals surface area contributed by atoms with E-state index in [2.05, 4.69) is 37.3 Å². The number of aliphatic hydroxyl groups is 1. The first-order chi connectivity index (χ1) is 16.0. The molecule has 0 saturated carbocycles. The van der Waals surface area contributed by atoms with Crippen molar-refractivity contribution in [2.45, 2.75) is 83.5 Å². The predicted molar refractivity (Wildman–Crippen MR) is 131 cm³/mol. The zero-order valence-corrected chi connectivity index (χ0v) is 20.4. The Bertz CT molecular complexity index is 777. The zero-order valence-electron chi connectivity index (χ0n) is 20.4. The summed E-state index contributed by atoms with van der Waals surface area (Å²) in [6, 6.07) is 10.2. The molecule has 1 amide bonds. The van der Waals surface area contributed by atoms with Gasteiger partial charge in [-0.3, -0.25) is 9.63 Å². The molecule has 2 aliphatic rings. The minimum atomic E-state index is -0.500. The smallest absolute Gasteiger partial charge is 0.246 e. The Labute approximate surface area is 199 Å². The average Bonchev–Trinajstić information content (AvgIpc) is 3.45. The van der Waals surface area contributed by atoms with Gasteiger partial charge in [0, 0.05) is 24.8 Å². The number of benzene rings is 1. The highest BCUT2D eigenvalue weighted by Gasteiger charge is 2.46. The van der Waals surface area contributed by atoms with Crippen LogP contribution in [0.15, 0.2) is 54.6 Å². The molecule has 33 heavy (non-hydrogen) atoms. The van der Waals surface area contributed by atoms with Gasteiger partial charge in [0.25, 0.3) is 0 Å². The monoisotopic (exact) mass is 455 g/mol. The van der Waals surface area contributed by atoms with Crippen molar-refractivity contribution in [2.75, 3.05) is 13.2 Å². The molecule has 1 aromatic carbocycles. The van der Waals surface area contributed by atoms with E-state index in [9.17, 15) is 9.90 Å². The van der Waals surface area contributed by atoms with Crippen LogP contribution in [0.25, 0.3) is 0 Å². The minimum Gasteiger partial charge on any atom is -0.388 e. The molecule has 1 aromatic rings. The molecule has 0 spiro atoms. The molecule has 6 atom stereocenters. The van der Waals surface area contributed by atoms with Gasteiger partial charge >= 0.3 is 0 Å². The molecule has 0 aromatic heterocycles. The van der Waals surface area contributed by atoms with Crippen LogP contribution in [0.4, 0.5) is 0 Å². The van der Waals surface area contributed by atoms with Crippen molar-refractivity contribution in [2.24, 2.45) is 11.8 Å². The van der Waals surface area contributed by atoms with Gasteiger partial charge in [-0.25, -0.2) is 5.06 Å². The Morgan fingerprint density at radius 1 is 1.21 bits per heavy atom. The van der Waals surface area contributed by atoms with Crippen LogP contribution in [0, 0.1) is 11.8 Å². The number of carbonyl (C=O) groups excluding carboxylic acids is 1. The van der Waals surface area contributed by atoms with Gasteiger partial charge < -0.3 is 9.84 Å². The molecule has 2 fully saturated rings. The third-order valence-electron chi connectivity index (χ3n) is 7.04. The van der Waals surface area contributed by atoms with E-state index in [4.69, 9.17) is 9.57 Å². The number of allylic oxidation sites excluding steroid dienone is 2. The molecule has 0 radical (unpaired) electrons. The first-order valence-electron chi connectivity index (χ1n) is 12.7. The summed E-state index contributed by atoms with van der Waals surface area (Å²) < 4.78 is 6.22. The summed E-state index contributed by atoms with van der Waals surface area (Å²) in [6.45, 7) is 6.99. The number of carbonyl (C=O) groups is 1. The fraction of sp³-hybridized carbons (Fsp3) is 0.607. The maximum absolute atomic E-state index is 12.1. The van der Waals surface area contributed by atoms with Crippen molar-refractivity contribution >= 4 is 5.91 Å². The minimum absolute atomic E-state index is 0.0581. The molecule has 2 heterocycles. The topological polar surface area (TPSA) is 59.0 Å². The van der Waals surface area contributed by atoms with Gasteiger partial charge in [0.15, 0.2) is 0 Å². The summed E-state index contributed by atoms with van der Waals surface area (Å²) in [4.78, 5) is 17.5. The third kappa shape index (κ3) is 7.02. The number of fused-ring (bicyclic) bond motifs is 2. The van der Waals surface area contributed by atoms with Gasteiger partial charge in [0.1, 0.15) is 0 Å². The molecule has 3 rings (SSSR count). The number of ether oxygens (including phenoxy) is 1. The van der Waals surface area contributed by atoms with Crippen LogP contribution in [0.1, 0.15) is 70.8 Å². The second-order valence-electron chi connectivity index (χ2n) is 9.21. The molecular weight excluding hydrogens is 414 g/mol. The summed E-state index contributed by atoms with van der Waals surface area (Å²) in [5.74, 6) is 0.944. The van der Waals surface area contributed by atoms with E-state index in [1.807, 2.05) is 38.1 Å². The average molecular weight is 456 g/mol. The van der Waals surface area contributed by atoms with Crippen LogP contribution < -0.4 is 0 Å². The summed E-state index contributed by atoms with van der Waals surface area (Å²) in [6.07, 6.45) is 14.2. The lowest BCUT2D eigenvalue weighted by atomic mass is 9.77. The van der Waals surface area contributed by atoms with Gasteiger partial charge in [-0.15, -0.1) is 0 Å². The first-order valence-corrected chi connectivity index (χ1v) is 12.7. The van der Waals surface area contributed by atoms with Gasteiger partial charge in [0.2, 0.25) is 5.91 Å². The summed E-state index contributed by atoms with van der Waals surface area (Å²) in [5.41, 5.74) is 1.15. The van der Waals surface area contributed by atoms with Crippen molar-refractivity contribution < 1.29 is 19.5 Å². The van der Waals surface area contributed by atoms with Crippen LogP contribution in [0.3, 0.4) is 0 Å². The molecule has 2 unspecified atom stereocenters. The van der Waals surface area contributed by atoms with E-state index >= 15 is 0 Å². The van der Waals surface area contributed by atoms with Crippen LogP contribution in [0.2, 0.25) is 0 Å².